The van der Waals surface area contributed by atoms with Crippen molar-refractivity contribution in [2.75, 3.05) is 87.5 Å². The maximum Gasteiger partial charge on any atom is 0.193 e. The van der Waals surface area contributed by atoms with Gasteiger partial charge in [-0.25, -0.2) is 0 Å². The minimum atomic E-state index is 0.579. The lowest BCUT2D eigenvalue weighted by Gasteiger charge is -2.23. The van der Waals surface area contributed by atoms with Gasteiger partial charge in [-0.05, 0) is 13.5 Å². The van der Waals surface area contributed by atoms with Crippen LogP contribution >= 0.6 is 0 Å². The first kappa shape index (κ1) is 20.2. The minimum Gasteiger partial charge on any atom is -0.383 e. The molecule has 1 rings (SSSR count). The second-order valence-electron chi connectivity index (χ2n) is 5.94. The fourth-order valence-corrected chi connectivity index (χ4v) is 2.60. The molecule has 1 heterocycles. The van der Waals surface area contributed by atoms with Crippen molar-refractivity contribution in [3.8, 4) is 0 Å². The van der Waals surface area contributed by atoms with Crippen LogP contribution in [0.2, 0.25) is 0 Å². The lowest BCUT2D eigenvalue weighted by molar-refractivity contribution is 0.0536. The Morgan fingerprint density at radius 1 is 1.22 bits per heavy atom. The summed E-state index contributed by atoms with van der Waals surface area (Å²) >= 11 is 0. The molecule has 0 saturated carbocycles. The van der Waals surface area contributed by atoms with E-state index in [4.69, 9.17) is 14.2 Å². The molecule has 1 aliphatic rings. The molecule has 0 aromatic carbocycles. The van der Waals surface area contributed by atoms with E-state index in [9.17, 15) is 0 Å². The third-order valence-corrected chi connectivity index (χ3v) is 4.04. The Hall–Kier alpha value is -0.890. The fourth-order valence-electron chi connectivity index (χ4n) is 2.60. The van der Waals surface area contributed by atoms with Crippen LogP contribution in [-0.4, -0.2) is 103 Å². The lowest BCUT2D eigenvalue weighted by Crippen LogP contribution is -2.43. The van der Waals surface area contributed by atoms with E-state index >= 15 is 0 Å². The molecule has 1 saturated heterocycles. The Bertz CT molecular complexity index is 328. The van der Waals surface area contributed by atoms with Gasteiger partial charge in [0.05, 0.1) is 26.4 Å². The van der Waals surface area contributed by atoms with Crippen LogP contribution in [0.25, 0.3) is 0 Å². The number of aliphatic imine (C=N–C) groups is 1. The maximum absolute atomic E-state index is 5.64. The van der Waals surface area contributed by atoms with Gasteiger partial charge in [0, 0.05) is 59.9 Å². The van der Waals surface area contributed by atoms with E-state index < -0.39 is 0 Å². The van der Waals surface area contributed by atoms with Gasteiger partial charge in [0.1, 0.15) is 0 Å². The van der Waals surface area contributed by atoms with Crippen molar-refractivity contribution in [2.45, 2.75) is 6.42 Å². The van der Waals surface area contributed by atoms with Crippen molar-refractivity contribution in [2.24, 2.45) is 10.9 Å². The van der Waals surface area contributed by atoms with Crippen LogP contribution in [0.3, 0.4) is 0 Å². The summed E-state index contributed by atoms with van der Waals surface area (Å²) in [7, 11) is 7.38. The van der Waals surface area contributed by atoms with Gasteiger partial charge < -0.3 is 29.3 Å². The molecule has 0 spiro atoms. The third kappa shape index (κ3) is 8.50. The number of methoxy groups -OCH3 is 2. The highest BCUT2D eigenvalue weighted by Crippen LogP contribution is 2.16. The first-order valence-corrected chi connectivity index (χ1v) is 8.41. The van der Waals surface area contributed by atoms with Gasteiger partial charge in [-0.2, -0.15) is 0 Å². The van der Waals surface area contributed by atoms with Gasteiger partial charge in [0.25, 0.3) is 0 Å². The quantitative estimate of drug-likeness (QED) is 0.330. The average molecular weight is 330 g/mol. The van der Waals surface area contributed by atoms with Crippen molar-refractivity contribution in [3.05, 3.63) is 0 Å². The Balaban J connectivity index is 2.20. The molecule has 1 atom stereocenters. The van der Waals surface area contributed by atoms with E-state index in [2.05, 4.69) is 27.2 Å². The zero-order valence-corrected chi connectivity index (χ0v) is 15.2. The summed E-state index contributed by atoms with van der Waals surface area (Å²) in [5.41, 5.74) is 0. The summed E-state index contributed by atoms with van der Waals surface area (Å²) < 4.78 is 15.7. The minimum absolute atomic E-state index is 0.579. The first-order chi connectivity index (χ1) is 11.2. The number of guanidine groups is 1. The predicted octanol–water partition coefficient (Wildman–Crippen LogP) is 0.125. The average Bonchev–Trinajstić information content (AvgIpc) is 3.02. The van der Waals surface area contributed by atoms with Crippen molar-refractivity contribution < 1.29 is 14.2 Å². The van der Waals surface area contributed by atoms with Crippen LogP contribution in [0.4, 0.5) is 0 Å². The highest BCUT2D eigenvalue weighted by molar-refractivity contribution is 5.80. The number of hydrogen-bond donors (Lipinski definition) is 1. The van der Waals surface area contributed by atoms with Gasteiger partial charge >= 0.3 is 0 Å². The summed E-state index contributed by atoms with van der Waals surface area (Å²) in [6, 6.07) is 0. The highest BCUT2D eigenvalue weighted by atomic mass is 16.5. The van der Waals surface area contributed by atoms with E-state index in [1.807, 2.05) is 7.05 Å². The predicted molar refractivity (Wildman–Crippen MR) is 93.1 cm³/mol. The number of likely N-dealkylation sites (tertiary alicyclic amines) is 1. The molecule has 0 aromatic heterocycles. The molecule has 1 aliphatic heterocycles. The standard InChI is InChI=1S/C16H34N4O3/c1-17-16(18-6-8-19(2)9-10-21-3)20-7-5-15(13-20)14-23-12-11-22-4/h15H,5-14H2,1-4H3,(H,17,18). The van der Waals surface area contributed by atoms with Crippen LogP contribution in [0.15, 0.2) is 4.99 Å². The van der Waals surface area contributed by atoms with Crippen LogP contribution in [0.5, 0.6) is 0 Å². The summed E-state index contributed by atoms with van der Waals surface area (Å²) in [6.07, 6.45) is 1.15. The molecule has 0 radical (unpaired) electrons. The van der Waals surface area contributed by atoms with Gasteiger partial charge in [0.2, 0.25) is 0 Å². The van der Waals surface area contributed by atoms with E-state index in [0.29, 0.717) is 19.1 Å². The highest BCUT2D eigenvalue weighted by Gasteiger charge is 2.24. The Kier molecular flexibility index (Phi) is 11.0. The molecule has 0 amide bonds. The third-order valence-electron chi connectivity index (χ3n) is 4.04. The zero-order chi connectivity index (χ0) is 16.9. The maximum atomic E-state index is 5.64. The molecule has 1 unspecified atom stereocenters. The van der Waals surface area contributed by atoms with Crippen molar-refractivity contribution in [1.29, 1.82) is 0 Å². The number of hydrogen-bond acceptors (Lipinski definition) is 5. The van der Waals surface area contributed by atoms with E-state index in [1.54, 1.807) is 14.2 Å². The molecule has 7 nitrogen and oxygen atoms in total. The Morgan fingerprint density at radius 2 is 2.00 bits per heavy atom. The second kappa shape index (κ2) is 12.5. The molecule has 23 heavy (non-hydrogen) atoms. The summed E-state index contributed by atoms with van der Waals surface area (Å²) in [5.74, 6) is 1.57. The van der Waals surface area contributed by atoms with Gasteiger partial charge in [-0.1, -0.05) is 0 Å². The van der Waals surface area contributed by atoms with E-state index in [-0.39, 0.29) is 0 Å². The van der Waals surface area contributed by atoms with Crippen LogP contribution < -0.4 is 5.32 Å². The van der Waals surface area contributed by atoms with Crippen LogP contribution in [0.1, 0.15) is 6.42 Å². The number of nitrogens with one attached hydrogen (secondary N) is 1. The molecular formula is C16H34N4O3. The van der Waals surface area contributed by atoms with Crippen molar-refractivity contribution >= 4 is 5.96 Å². The van der Waals surface area contributed by atoms with Gasteiger partial charge in [-0.3, -0.25) is 4.99 Å². The molecule has 136 valence electrons. The van der Waals surface area contributed by atoms with E-state index in [0.717, 1.165) is 58.3 Å². The largest absolute Gasteiger partial charge is 0.383 e. The molecule has 0 bridgehead atoms. The molecule has 7 heteroatoms. The smallest absolute Gasteiger partial charge is 0.193 e. The summed E-state index contributed by atoms with van der Waals surface area (Å²) in [5, 5.41) is 3.45. The van der Waals surface area contributed by atoms with Crippen molar-refractivity contribution in [1.82, 2.24) is 15.1 Å². The Labute approximate surface area is 141 Å². The van der Waals surface area contributed by atoms with Gasteiger partial charge in [-0.15, -0.1) is 0 Å². The summed E-state index contributed by atoms with van der Waals surface area (Å²) in [4.78, 5) is 8.97. The first-order valence-electron chi connectivity index (χ1n) is 8.41. The second-order valence-corrected chi connectivity index (χ2v) is 5.94. The van der Waals surface area contributed by atoms with Crippen LogP contribution in [-0.2, 0) is 14.2 Å². The number of nitrogens with zero attached hydrogens (tertiary/aromatic N) is 3. The Morgan fingerprint density at radius 3 is 2.70 bits per heavy atom. The zero-order valence-electron chi connectivity index (χ0n) is 15.2. The molecule has 1 fully saturated rings. The molecule has 0 aromatic rings. The van der Waals surface area contributed by atoms with Gasteiger partial charge in [0.15, 0.2) is 5.96 Å². The lowest BCUT2D eigenvalue weighted by atomic mass is 10.1. The normalized spacial score (nSPS) is 18.9. The molecule has 1 N–H and O–H groups in total. The number of ether oxygens (including phenoxy) is 3. The molecular weight excluding hydrogens is 296 g/mol. The van der Waals surface area contributed by atoms with Crippen molar-refractivity contribution in [3.63, 3.8) is 0 Å². The number of likely N-dealkylation sites (N-methyl/N-ethyl adjacent to an activating group) is 1. The fraction of sp³-hybridized carbons (Fsp3) is 0.938. The SMILES string of the molecule is CN=C(NCCN(C)CCOC)N1CCC(COCCOC)C1. The van der Waals surface area contributed by atoms with Crippen LogP contribution in [0, 0.1) is 5.92 Å². The monoisotopic (exact) mass is 330 g/mol. The van der Waals surface area contributed by atoms with E-state index in [1.165, 1.54) is 0 Å². The summed E-state index contributed by atoms with van der Waals surface area (Å²) in [6.45, 7) is 7.76. The molecule has 0 aliphatic carbocycles. The topological polar surface area (TPSA) is 58.6 Å². The number of rotatable bonds is 11.